The van der Waals surface area contributed by atoms with Gasteiger partial charge in [-0.15, -0.1) is 0 Å². The average Bonchev–Trinajstić information content (AvgIpc) is 3.93. The summed E-state index contributed by atoms with van der Waals surface area (Å²) < 4.78 is 13.7. The molecule has 15 nitrogen and oxygen atoms in total. The molecule has 8 N–H and O–H groups in total. The second-order valence-electron chi connectivity index (χ2n) is 17.9. The number of aliphatic hydroxyl groups excluding tert-OH is 4. The standard InChI is InChI=1S/C46H57N3O12/c1-4-34-31-13-17-47-33(31)23-49(34)38-40-28(19-32-35(52)18-26(2)59-41(32)38)20-37(44(3,60-40)16-12-29-22-48-43(56)45(29)14-6-5-7-15-45)61-58-25-46(57,42(55)39(54)36(53)24-50)21-27-8-10-30(51)11-9-27/h8-11,13,17-19,29,36-37,39,42,50-51,53-55,57H,4-7,12,14-16,20-25H2,1-3H3,(H,48,56)/p+1/t29-,36+,37+,39+,42-,44+,46-/m0/s1. The maximum Gasteiger partial charge on any atom is 0.226 e. The number of carbonyl (C=O) groups is 1. The van der Waals surface area contributed by atoms with Gasteiger partial charge < -0.3 is 45.1 Å². The summed E-state index contributed by atoms with van der Waals surface area (Å²) in [7, 11) is 0. The first-order chi connectivity index (χ1) is 29.2. The fraction of sp³-hybridized carbons (Fsp3) is 0.543. The van der Waals surface area contributed by atoms with E-state index in [2.05, 4.69) is 17.2 Å². The molecule has 61 heavy (non-hydrogen) atoms. The van der Waals surface area contributed by atoms with Crippen LogP contribution in [0.3, 0.4) is 0 Å². The lowest BCUT2D eigenvalue weighted by Crippen LogP contribution is -3.04. The zero-order valence-corrected chi connectivity index (χ0v) is 35.0. The summed E-state index contributed by atoms with van der Waals surface area (Å²) >= 11 is 0. The molecular weight excluding hydrogens is 787 g/mol. The van der Waals surface area contributed by atoms with Gasteiger partial charge >= 0.3 is 0 Å². The van der Waals surface area contributed by atoms with Crippen LogP contribution in [0.15, 0.2) is 74.1 Å². The number of ether oxygens (including phenoxy) is 1. The van der Waals surface area contributed by atoms with Gasteiger partial charge in [0.1, 0.15) is 71.7 Å². The van der Waals surface area contributed by atoms with Gasteiger partial charge in [0, 0.05) is 43.6 Å². The molecule has 8 atom stereocenters. The largest absolute Gasteiger partial charge is 0.508 e. The fourth-order valence-corrected chi connectivity index (χ4v) is 10.4. The first-order valence-electron chi connectivity index (χ1n) is 21.5. The van der Waals surface area contributed by atoms with Crippen LogP contribution in [-0.4, -0.2) is 104 Å². The summed E-state index contributed by atoms with van der Waals surface area (Å²) in [5.74, 6) is 1.16. The third-order valence-corrected chi connectivity index (χ3v) is 13.9. The van der Waals surface area contributed by atoms with E-state index in [9.17, 15) is 40.2 Å². The number of carbonyl (C=O) groups excluding carboxylic acids is 1. The van der Waals surface area contributed by atoms with Crippen LogP contribution >= 0.6 is 0 Å². The third kappa shape index (κ3) is 7.95. The number of quaternary nitrogens is 1. The summed E-state index contributed by atoms with van der Waals surface area (Å²) in [6.07, 6.45) is 3.61. The van der Waals surface area contributed by atoms with Gasteiger partial charge in [-0.1, -0.05) is 38.3 Å². The molecule has 1 spiro atoms. The van der Waals surface area contributed by atoms with Crippen molar-refractivity contribution in [3.8, 4) is 11.5 Å². The topological polar surface area (TPSA) is 225 Å². The van der Waals surface area contributed by atoms with E-state index in [0.29, 0.717) is 71.6 Å². The number of hydrogen-bond donors (Lipinski definition) is 8. The van der Waals surface area contributed by atoms with Crippen LogP contribution in [0.4, 0.5) is 5.69 Å². The Labute approximate surface area is 353 Å². The highest BCUT2D eigenvalue weighted by atomic mass is 17.2. The number of nitrogens with zero attached hydrogens (tertiary/aromatic N) is 1. The Morgan fingerprint density at radius 1 is 1.10 bits per heavy atom. The number of phenolic OH excluding ortho intramolecular Hbond substituents is 1. The third-order valence-electron chi connectivity index (χ3n) is 13.9. The lowest BCUT2D eigenvalue weighted by atomic mass is 9.65. The number of aliphatic hydroxyl groups is 5. The van der Waals surface area contributed by atoms with E-state index in [1.165, 1.54) is 30.3 Å². The highest BCUT2D eigenvalue weighted by molar-refractivity contribution is 6.07. The molecular formula is C46H58N3O12+. The minimum Gasteiger partial charge on any atom is -0.508 e. The second kappa shape index (κ2) is 17.0. The van der Waals surface area contributed by atoms with E-state index in [0.717, 1.165) is 54.0 Å². The smallest absolute Gasteiger partial charge is 0.226 e. The molecule has 1 aromatic heterocycles. The van der Waals surface area contributed by atoms with Gasteiger partial charge in [0.05, 0.1) is 23.0 Å². The molecule has 1 unspecified atom stereocenters. The van der Waals surface area contributed by atoms with Crippen molar-refractivity contribution >= 4 is 28.3 Å². The van der Waals surface area contributed by atoms with E-state index in [1.807, 2.05) is 13.0 Å². The molecule has 0 radical (unpaired) electrons. The number of benzene rings is 2. The van der Waals surface area contributed by atoms with E-state index < -0.39 is 54.2 Å². The van der Waals surface area contributed by atoms with Crippen LogP contribution in [0.25, 0.3) is 11.0 Å². The Bertz CT molecular complexity index is 2300. The molecule has 5 heterocycles. The first-order valence-corrected chi connectivity index (χ1v) is 21.5. The normalized spacial score (nSPS) is 26.7. The van der Waals surface area contributed by atoms with Crippen LogP contribution in [0, 0.1) is 18.3 Å². The molecule has 1 amide bonds. The van der Waals surface area contributed by atoms with Gasteiger partial charge in [0.25, 0.3) is 0 Å². The Kier molecular flexibility index (Phi) is 12.1. The Hall–Kier alpha value is -4.45. The van der Waals surface area contributed by atoms with Crippen LogP contribution in [0.5, 0.6) is 11.5 Å². The summed E-state index contributed by atoms with van der Waals surface area (Å²) in [4.78, 5) is 44.9. The number of aliphatic imine (C=N–C) groups is 1. The second-order valence-corrected chi connectivity index (χ2v) is 17.9. The van der Waals surface area contributed by atoms with E-state index in [4.69, 9.17) is 18.9 Å². The lowest BCUT2D eigenvalue weighted by molar-refractivity contribution is -0.776. The summed E-state index contributed by atoms with van der Waals surface area (Å²) in [5, 5.41) is 67.2. The maximum absolute atomic E-state index is 13.7. The van der Waals surface area contributed by atoms with E-state index in [-0.39, 0.29) is 35.8 Å². The highest BCUT2D eigenvalue weighted by Crippen LogP contribution is 2.50. The van der Waals surface area contributed by atoms with Gasteiger partial charge in [0.15, 0.2) is 11.2 Å². The van der Waals surface area contributed by atoms with Crippen LogP contribution in [-0.2, 0) is 27.4 Å². The number of phenols is 1. The predicted molar refractivity (Wildman–Crippen MR) is 223 cm³/mol. The van der Waals surface area contributed by atoms with Crippen molar-refractivity contribution in [3.63, 3.8) is 0 Å². The summed E-state index contributed by atoms with van der Waals surface area (Å²) in [6, 6.07) is 9.12. The number of rotatable bonds is 15. The van der Waals surface area contributed by atoms with Crippen molar-refractivity contribution in [2.45, 2.75) is 121 Å². The number of hydrogen-bond acceptors (Lipinski definition) is 13. The van der Waals surface area contributed by atoms with Crippen LogP contribution in [0.2, 0.25) is 0 Å². The number of aryl methyl sites for hydroxylation is 1. The fourth-order valence-electron chi connectivity index (χ4n) is 10.4. The summed E-state index contributed by atoms with van der Waals surface area (Å²) in [6.45, 7) is 5.28. The molecule has 5 aliphatic rings. The van der Waals surface area contributed by atoms with Gasteiger partial charge in [-0.3, -0.25) is 19.5 Å². The van der Waals surface area contributed by atoms with Gasteiger partial charge in [-0.25, -0.2) is 9.78 Å². The monoisotopic (exact) mass is 844 g/mol. The molecule has 1 aliphatic carbocycles. The maximum atomic E-state index is 13.7. The van der Waals surface area contributed by atoms with Gasteiger partial charge in [-0.05, 0) is 75.3 Å². The van der Waals surface area contributed by atoms with Crippen molar-refractivity contribution in [2.24, 2.45) is 16.3 Å². The van der Waals surface area contributed by atoms with Crippen LogP contribution in [0.1, 0.15) is 82.1 Å². The van der Waals surface area contributed by atoms with Crippen LogP contribution < -0.4 is 20.4 Å². The molecule has 3 aromatic rings. The number of aromatic hydroxyl groups is 1. The molecule has 0 bridgehead atoms. The number of amides is 1. The van der Waals surface area contributed by atoms with Crippen molar-refractivity contribution in [1.82, 2.24) is 5.32 Å². The van der Waals surface area contributed by atoms with Crippen molar-refractivity contribution in [1.29, 1.82) is 0 Å². The minimum absolute atomic E-state index is 0.0154. The summed E-state index contributed by atoms with van der Waals surface area (Å²) in [5.41, 5.74) is 1.31. The zero-order valence-electron chi connectivity index (χ0n) is 35.0. The van der Waals surface area contributed by atoms with Crippen molar-refractivity contribution in [3.05, 3.63) is 87.1 Å². The minimum atomic E-state index is -2.27. The van der Waals surface area contributed by atoms with E-state index in [1.54, 1.807) is 19.2 Å². The molecule has 2 aromatic carbocycles. The number of nitrogens with one attached hydrogen (secondary N) is 2. The predicted octanol–water partition coefficient (Wildman–Crippen LogP) is 2.51. The molecule has 328 valence electrons. The van der Waals surface area contributed by atoms with E-state index >= 15 is 0 Å². The molecule has 4 aliphatic heterocycles. The molecule has 15 heteroatoms. The zero-order chi connectivity index (χ0) is 43.3. The highest BCUT2D eigenvalue weighted by Gasteiger charge is 2.53. The Morgan fingerprint density at radius 3 is 2.57 bits per heavy atom. The molecule has 2 fully saturated rings. The quantitative estimate of drug-likeness (QED) is 0.0817. The SMILES string of the molecule is CCC1=C2C=CN=C2C[NH+]1c1c2c(cc3c(=O)cc(C)oc13)C[C@@H](OOC[C@@](O)(Cc1ccc(O)cc1)[C@@H](O)[C@H](O)[C@H](O)CO)[C@@](C)(CC[C@H]1CNC(=O)C13CCCCC3)O2. The Morgan fingerprint density at radius 2 is 1.85 bits per heavy atom. The molecule has 8 rings (SSSR count). The first kappa shape index (κ1) is 43.2. The number of fused-ring (bicyclic) bond motifs is 3. The van der Waals surface area contributed by atoms with Crippen molar-refractivity contribution < 1.29 is 59.3 Å². The lowest BCUT2D eigenvalue weighted by Gasteiger charge is -2.44. The van der Waals surface area contributed by atoms with Gasteiger partial charge in [-0.2, -0.15) is 0 Å². The average molecular weight is 845 g/mol. The Balaban J connectivity index is 1.17. The molecule has 1 saturated heterocycles. The number of allylic oxidation sites excluding steroid dienone is 2. The molecule has 1 saturated carbocycles. The van der Waals surface area contributed by atoms with Gasteiger partial charge in [0.2, 0.25) is 17.2 Å². The van der Waals surface area contributed by atoms with Crippen molar-refractivity contribution in [2.75, 3.05) is 26.3 Å².